The van der Waals surface area contributed by atoms with Crippen LogP contribution < -0.4 is 5.32 Å². The van der Waals surface area contributed by atoms with Crippen LogP contribution in [0.5, 0.6) is 0 Å². The van der Waals surface area contributed by atoms with Gasteiger partial charge in [0.15, 0.2) is 5.41 Å². The summed E-state index contributed by atoms with van der Waals surface area (Å²) in [6, 6.07) is 16.8. The average molecular weight is 595 g/mol. The van der Waals surface area contributed by atoms with Gasteiger partial charge in [0.25, 0.3) is 0 Å². The summed E-state index contributed by atoms with van der Waals surface area (Å²) in [5.74, 6) is -0.748. The number of halogens is 5. The molecule has 11 heteroatoms. The van der Waals surface area contributed by atoms with Gasteiger partial charge in [-0.05, 0) is 66.6 Å². The molecule has 1 aliphatic rings. The van der Waals surface area contributed by atoms with Crippen LogP contribution in [0, 0.1) is 0 Å². The molecule has 6 nitrogen and oxygen atoms in total. The molecule has 3 aromatic rings. The van der Waals surface area contributed by atoms with E-state index in [0.29, 0.717) is 16.3 Å². The second-order valence-electron chi connectivity index (χ2n) is 8.15. The van der Waals surface area contributed by atoms with Gasteiger partial charge < -0.3 is 10.1 Å². The first-order valence-corrected chi connectivity index (χ1v) is 12.3. The van der Waals surface area contributed by atoms with Crippen LogP contribution in [0.1, 0.15) is 23.6 Å². The lowest BCUT2D eigenvalue weighted by molar-refractivity contribution is -0.147. The number of nitrogens with zero attached hydrogens (tertiary/aromatic N) is 2. The topological polar surface area (TPSA) is 71.0 Å². The van der Waals surface area contributed by atoms with E-state index in [2.05, 4.69) is 26.3 Å². The van der Waals surface area contributed by atoms with Crippen molar-refractivity contribution >= 4 is 50.9 Å². The molecule has 1 heterocycles. The van der Waals surface area contributed by atoms with Crippen LogP contribution in [0.25, 0.3) is 0 Å². The molecule has 0 aromatic heterocycles. The summed E-state index contributed by atoms with van der Waals surface area (Å²) in [5.41, 5.74) is -1.27. The number of carbonyl (C=O) groups excluding carboxylic acids is 2. The minimum absolute atomic E-state index is 0.0141. The lowest BCUT2D eigenvalue weighted by Crippen LogP contribution is -2.48. The number of hydrogen-bond donors (Lipinski definition) is 1. The molecule has 0 aliphatic carbocycles. The molecule has 0 bridgehead atoms. The lowest BCUT2D eigenvalue weighted by Gasteiger charge is -2.29. The van der Waals surface area contributed by atoms with Crippen molar-refractivity contribution in [2.75, 3.05) is 18.5 Å². The molecule has 0 saturated carbocycles. The maximum absolute atomic E-state index is 13.5. The van der Waals surface area contributed by atoms with Crippen molar-refractivity contribution in [1.82, 2.24) is 5.01 Å². The summed E-state index contributed by atoms with van der Waals surface area (Å²) in [7, 11) is 0. The summed E-state index contributed by atoms with van der Waals surface area (Å²) in [5, 5.41) is 8.69. The van der Waals surface area contributed by atoms with Crippen LogP contribution in [0.3, 0.4) is 0 Å². The van der Waals surface area contributed by atoms with Gasteiger partial charge in [-0.3, -0.25) is 4.79 Å². The number of rotatable bonds is 5. The SMILES string of the molecule is CCOC(=O)C1(c2ccc(C(F)(F)F)cc2)CN(C(=O)Nc2ccc(Br)cc2)N=C1c1ccc(Cl)cc1. The van der Waals surface area contributed by atoms with Crippen LogP contribution in [0.2, 0.25) is 5.02 Å². The minimum Gasteiger partial charge on any atom is -0.465 e. The summed E-state index contributed by atoms with van der Waals surface area (Å²) < 4.78 is 46.0. The highest BCUT2D eigenvalue weighted by Gasteiger charge is 2.54. The van der Waals surface area contributed by atoms with E-state index in [1.165, 1.54) is 12.1 Å². The van der Waals surface area contributed by atoms with E-state index in [-0.39, 0.29) is 24.4 Å². The van der Waals surface area contributed by atoms with Gasteiger partial charge >= 0.3 is 18.2 Å². The number of benzene rings is 3. The maximum atomic E-state index is 13.5. The smallest absolute Gasteiger partial charge is 0.416 e. The Morgan fingerprint density at radius 2 is 1.68 bits per heavy atom. The van der Waals surface area contributed by atoms with Gasteiger partial charge in [0.2, 0.25) is 0 Å². The predicted octanol–water partition coefficient (Wildman–Crippen LogP) is 6.87. The van der Waals surface area contributed by atoms with Gasteiger partial charge in [-0.1, -0.05) is 51.8 Å². The Hall–Kier alpha value is -3.37. The van der Waals surface area contributed by atoms with Crippen LogP contribution in [-0.4, -0.2) is 35.9 Å². The van der Waals surface area contributed by atoms with Crippen molar-refractivity contribution in [3.63, 3.8) is 0 Å². The zero-order valence-electron chi connectivity index (χ0n) is 19.4. The number of ether oxygens (including phenoxy) is 1. The average Bonchev–Trinajstić information content (AvgIpc) is 3.28. The van der Waals surface area contributed by atoms with Crippen LogP contribution in [-0.2, 0) is 21.1 Å². The Bertz CT molecular complexity index is 1330. The van der Waals surface area contributed by atoms with Crippen LogP contribution in [0.4, 0.5) is 23.7 Å². The zero-order valence-corrected chi connectivity index (χ0v) is 21.7. The van der Waals surface area contributed by atoms with E-state index < -0.39 is 29.2 Å². The largest absolute Gasteiger partial charge is 0.465 e. The summed E-state index contributed by atoms with van der Waals surface area (Å²) in [6.07, 6.45) is -4.56. The first kappa shape index (κ1) is 26.7. The Balaban J connectivity index is 1.82. The predicted molar refractivity (Wildman–Crippen MR) is 138 cm³/mol. The molecule has 0 saturated heterocycles. The molecular formula is C26H20BrClF3N3O3. The van der Waals surface area contributed by atoms with E-state index in [1.807, 2.05) is 0 Å². The van der Waals surface area contributed by atoms with Gasteiger partial charge in [0, 0.05) is 15.2 Å². The van der Waals surface area contributed by atoms with Crippen LogP contribution >= 0.6 is 27.5 Å². The molecule has 2 amide bonds. The van der Waals surface area contributed by atoms with E-state index in [4.69, 9.17) is 16.3 Å². The number of urea groups is 1. The molecule has 1 unspecified atom stereocenters. The summed E-state index contributed by atoms with van der Waals surface area (Å²) in [6.45, 7) is 1.34. The van der Waals surface area contributed by atoms with Gasteiger partial charge in [0.1, 0.15) is 0 Å². The molecule has 0 fully saturated rings. The van der Waals surface area contributed by atoms with E-state index in [1.54, 1.807) is 55.5 Å². The fraction of sp³-hybridized carbons (Fsp3) is 0.192. The zero-order chi connectivity index (χ0) is 26.8. The second kappa shape index (κ2) is 10.5. The van der Waals surface area contributed by atoms with Crippen molar-refractivity contribution in [2.45, 2.75) is 18.5 Å². The van der Waals surface area contributed by atoms with Crippen molar-refractivity contribution < 1.29 is 27.5 Å². The quantitative estimate of drug-likeness (QED) is 0.328. The first-order chi connectivity index (χ1) is 17.5. The third-order valence-electron chi connectivity index (χ3n) is 5.79. The Morgan fingerprint density at radius 3 is 2.24 bits per heavy atom. The van der Waals surface area contributed by atoms with Crippen molar-refractivity contribution in [3.8, 4) is 0 Å². The van der Waals surface area contributed by atoms with Gasteiger partial charge in [-0.15, -0.1) is 0 Å². The fourth-order valence-corrected chi connectivity index (χ4v) is 4.39. The monoisotopic (exact) mass is 593 g/mol. The number of nitrogens with one attached hydrogen (secondary N) is 1. The lowest BCUT2D eigenvalue weighted by atomic mass is 9.74. The first-order valence-electron chi connectivity index (χ1n) is 11.1. The highest BCUT2D eigenvalue weighted by atomic mass is 79.9. The number of anilines is 1. The maximum Gasteiger partial charge on any atom is 0.416 e. The Labute approximate surface area is 224 Å². The number of hydrazone groups is 1. The van der Waals surface area contributed by atoms with Gasteiger partial charge in [-0.2, -0.15) is 18.3 Å². The number of hydrogen-bond acceptors (Lipinski definition) is 4. The minimum atomic E-state index is -4.56. The summed E-state index contributed by atoms with van der Waals surface area (Å²) in [4.78, 5) is 26.7. The molecule has 3 aromatic carbocycles. The van der Waals surface area contributed by atoms with E-state index in [0.717, 1.165) is 21.6 Å². The number of carbonyl (C=O) groups is 2. The molecule has 1 atom stereocenters. The van der Waals surface area contributed by atoms with E-state index in [9.17, 15) is 22.8 Å². The molecule has 0 radical (unpaired) electrons. The normalized spacial score (nSPS) is 17.4. The number of esters is 1. The fourth-order valence-electron chi connectivity index (χ4n) is 4.00. The third kappa shape index (κ3) is 5.50. The molecule has 1 N–H and O–H groups in total. The standard InChI is InChI=1S/C26H20BrClF3N3O3/c1-2-37-23(35)25(17-5-7-18(8-6-17)26(29,30)31)15-34(24(36)32-21-13-9-19(27)10-14-21)33-22(25)16-3-11-20(28)12-4-16/h3-14H,2,15H2,1H3,(H,32,36). The van der Waals surface area contributed by atoms with Crippen molar-refractivity contribution in [1.29, 1.82) is 0 Å². The van der Waals surface area contributed by atoms with Crippen molar-refractivity contribution in [3.05, 3.63) is 99.0 Å². The van der Waals surface area contributed by atoms with Gasteiger partial charge in [-0.25, -0.2) is 9.80 Å². The molecule has 0 spiro atoms. The molecule has 192 valence electrons. The van der Waals surface area contributed by atoms with Crippen LogP contribution in [0.15, 0.2) is 82.4 Å². The Kier molecular flexibility index (Phi) is 7.61. The number of alkyl halides is 3. The highest BCUT2D eigenvalue weighted by Crippen LogP contribution is 2.39. The highest BCUT2D eigenvalue weighted by molar-refractivity contribution is 9.10. The van der Waals surface area contributed by atoms with Crippen molar-refractivity contribution in [2.24, 2.45) is 5.10 Å². The molecule has 4 rings (SSSR count). The number of amides is 2. The molecule has 37 heavy (non-hydrogen) atoms. The third-order valence-corrected chi connectivity index (χ3v) is 6.57. The van der Waals surface area contributed by atoms with Gasteiger partial charge in [0.05, 0.1) is 24.4 Å². The summed E-state index contributed by atoms with van der Waals surface area (Å²) >= 11 is 9.37. The molecular weight excluding hydrogens is 575 g/mol. The van der Waals surface area contributed by atoms with E-state index >= 15 is 0 Å². The molecule has 1 aliphatic heterocycles. The second-order valence-corrected chi connectivity index (χ2v) is 9.50. The Morgan fingerprint density at radius 1 is 1.05 bits per heavy atom.